The Morgan fingerprint density at radius 2 is 1.15 bits per heavy atom. The van der Waals surface area contributed by atoms with Crippen molar-refractivity contribution in [2.75, 3.05) is 7.05 Å². The maximum absolute atomic E-state index is 14.3. The molecule has 1 heterocycles. The average molecular weight is 281 g/mol. The number of ketones is 2. The Labute approximate surface area is 112 Å². The lowest BCUT2D eigenvalue weighted by Crippen LogP contribution is -2.24. The minimum absolute atomic E-state index is 0.532. The molecule has 0 bridgehead atoms. The third kappa shape index (κ3) is 1.59. The molecule has 0 saturated carbocycles. The summed E-state index contributed by atoms with van der Waals surface area (Å²) in [6, 6.07) is 0. The molecule has 0 aliphatic carbocycles. The summed E-state index contributed by atoms with van der Waals surface area (Å²) >= 11 is 0. The minimum Gasteiger partial charge on any atom is -0.294 e. The maximum atomic E-state index is 14.3. The lowest BCUT2D eigenvalue weighted by Gasteiger charge is -2.10. The largest absolute Gasteiger partial charge is 0.294 e. The summed E-state index contributed by atoms with van der Waals surface area (Å²) in [5, 5.41) is 0. The van der Waals surface area contributed by atoms with Gasteiger partial charge in [-0.2, -0.15) is 0 Å². The van der Waals surface area contributed by atoms with E-state index in [-0.39, 0.29) is 0 Å². The van der Waals surface area contributed by atoms with Crippen LogP contribution in [0.15, 0.2) is 0 Å². The van der Waals surface area contributed by atoms with E-state index in [1.54, 1.807) is 0 Å². The summed E-state index contributed by atoms with van der Waals surface area (Å²) in [6.07, 6.45) is 0. The van der Waals surface area contributed by atoms with Crippen molar-refractivity contribution in [1.82, 2.24) is 4.90 Å². The third-order valence-electron chi connectivity index (χ3n) is 3.12. The quantitative estimate of drug-likeness (QED) is 0.609. The van der Waals surface area contributed by atoms with Gasteiger partial charge in [-0.05, 0) is 13.8 Å². The number of hydrogen-bond acceptors (Lipinski definition) is 4. The molecule has 0 saturated heterocycles. The van der Waals surface area contributed by atoms with Gasteiger partial charge < -0.3 is 0 Å². The molecule has 7 heteroatoms. The summed E-state index contributed by atoms with van der Waals surface area (Å²) in [7, 11) is 1.06. The Kier molecular flexibility index (Phi) is 3.00. The van der Waals surface area contributed by atoms with E-state index in [1.165, 1.54) is 0 Å². The molecular weight excluding hydrogens is 272 g/mol. The summed E-state index contributed by atoms with van der Waals surface area (Å²) in [5.74, 6) is -6.55. The van der Waals surface area contributed by atoms with Gasteiger partial charge in [0, 0.05) is 7.05 Å². The van der Waals surface area contributed by atoms with E-state index < -0.39 is 57.3 Å². The number of benzene rings is 1. The first-order valence-corrected chi connectivity index (χ1v) is 5.59. The van der Waals surface area contributed by atoms with Crippen LogP contribution in [0.1, 0.15) is 55.3 Å². The molecule has 2 rings (SSSR count). The van der Waals surface area contributed by atoms with Crippen molar-refractivity contribution >= 4 is 23.4 Å². The second kappa shape index (κ2) is 4.29. The molecule has 0 radical (unpaired) electrons. The molecule has 20 heavy (non-hydrogen) atoms. The number of rotatable bonds is 2. The zero-order valence-corrected chi connectivity index (χ0v) is 10.8. The Bertz CT molecular complexity index is 650. The van der Waals surface area contributed by atoms with Gasteiger partial charge in [0.25, 0.3) is 11.8 Å². The van der Waals surface area contributed by atoms with Gasteiger partial charge in [0.2, 0.25) is 0 Å². The normalized spacial score (nSPS) is 13.8. The van der Waals surface area contributed by atoms with E-state index in [2.05, 4.69) is 0 Å². The molecule has 0 atom stereocenters. The van der Waals surface area contributed by atoms with Gasteiger partial charge in [-0.3, -0.25) is 24.1 Å². The Morgan fingerprint density at radius 3 is 1.40 bits per heavy atom. The van der Waals surface area contributed by atoms with Crippen LogP contribution in [0.5, 0.6) is 0 Å². The first kappa shape index (κ1) is 14.0. The molecule has 0 spiro atoms. The molecule has 104 valence electrons. The molecule has 1 aliphatic rings. The highest BCUT2D eigenvalue weighted by Gasteiger charge is 2.42. The number of halogens is 2. The number of carbonyl (C=O) groups is 4. The average Bonchev–Trinajstić information content (AvgIpc) is 2.57. The van der Waals surface area contributed by atoms with Crippen molar-refractivity contribution in [1.29, 1.82) is 0 Å². The Balaban J connectivity index is 3.01. The molecule has 1 aromatic rings. The first-order chi connectivity index (χ1) is 9.20. The Hall–Kier alpha value is -2.44. The fourth-order valence-electron chi connectivity index (χ4n) is 2.18. The topological polar surface area (TPSA) is 71.5 Å². The van der Waals surface area contributed by atoms with Crippen LogP contribution in [0.4, 0.5) is 8.78 Å². The van der Waals surface area contributed by atoms with Crippen LogP contribution < -0.4 is 0 Å². The van der Waals surface area contributed by atoms with Gasteiger partial charge in [0.1, 0.15) is 11.6 Å². The van der Waals surface area contributed by atoms with Crippen LogP contribution in [-0.4, -0.2) is 35.3 Å². The van der Waals surface area contributed by atoms with E-state index in [9.17, 15) is 28.0 Å². The molecule has 0 fully saturated rings. The number of fused-ring (bicyclic) bond motifs is 1. The highest BCUT2D eigenvalue weighted by atomic mass is 19.1. The third-order valence-corrected chi connectivity index (χ3v) is 3.12. The second-order valence-corrected chi connectivity index (χ2v) is 4.41. The van der Waals surface area contributed by atoms with Crippen LogP contribution >= 0.6 is 0 Å². The highest BCUT2D eigenvalue weighted by molar-refractivity contribution is 6.23. The number of nitrogens with zero attached hydrogens (tertiary/aromatic N) is 1. The number of imide groups is 1. The van der Waals surface area contributed by atoms with Crippen molar-refractivity contribution in [3.63, 3.8) is 0 Å². The fourth-order valence-corrected chi connectivity index (χ4v) is 2.18. The second-order valence-electron chi connectivity index (χ2n) is 4.41. The van der Waals surface area contributed by atoms with Gasteiger partial charge in [-0.15, -0.1) is 0 Å². The smallest absolute Gasteiger partial charge is 0.264 e. The van der Waals surface area contributed by atoms with Crippen molar-refractivity contribution in [2.24, 2.45) is 0 Å². The van der Waals surface area contributed by atoms with Crippen LogP contribution in [0.2, 0.25) is 0 Å². The van der Waals surface area contributed by atoms with Gasteiger partial charge >= 0.3 is 0 Å². The van der Waals surface area contributed by atoms with E-state index in [4.69, 9.17) is 0 Å². The van der Waals surface area contributed by atoms with Crippen LogP contribution in [0.25, 0.3) is 0 Å². The Morgan fingerprint density at radius 1 is 0.850 bits per heavy atom. The monoisotopic (exact) mass is 281 g/mol. The molecule has 5 nitrogen and oxygen atoms in total. The molecule has 2 amide bonds. The van der Waals surface area contributed by atoms with Gasteiger partial charge in [-0.1, -0.05) is 0 Å². The van der Waals surface area contributed by atoms with E-state index in [1.807, 2.05) is 0 Å². The van der Waals surface area contributed by atoms with Crippen molar-refractivity contribution < 1.29 is 28.0 Å². The number of Topliss-reactive ketones (excluding diaryl/α,β-unsaturated/α-hetero) is 2. The van der Waals surface area contributed by atoms with E-state index >= 15 is 0 Å². The van der Waals surface area contributed by atoms with E-state index in [0.29, 0.717) is 4.90 Å². The van der Waals surface area contributed by atoms with Gasteiger partial charge in [0.05, 0.1) is 22.3 Å². The zero-order chi connectivity index (χ0) is 15.4. The highest BCUT2D eigenvalue weighted by Crippen LogP contribution is 2.32. The van der Waals surface area contributed by atoms with Crippen molar-refractivity contribution in [3.8, 4) is 0 Å². The molecular formula is C13H9F2NO4. The summed E-state index contributed by atoms with van der Waals surface area (Å²) < 4.78 is 28.6. The summed E-state index contributed by atoms with van der Waals surface area (Å²) in [4.78, 5) is 46.9. The molecule has 1 aliphatic heterocycles. The molecule has 0 N–H and O–H groups in total. The van der Waals surface area contributed by atoms with E-state index in [0.717, 1.165) is 20.9 Å². The zero-order valence-electron chi connectivity index (χ0n) is 10.8. The lowest BCUT2D eigenvalue weighted by atomic mass is 9.93. The maximum Gasteiger partial charge on any atom is 0.264 e. The molecule has 1 aromatic carbocycles. The number of amides is 2. The van der Waals surface area contributed by atoms with Gasteiger partial charge in [-0.25, -0.2) is 8.78 Å². The van der Waals surface area contributed by atoms with Crippen molar-refractivity contribution in [2.45, 2.75) is 13.8 Å². The molecule has 0 unspecified atom stereocenters. The fraction of sp³-hybridized carbons (Fsp3) is 0.231. The van der Waals surface area contributed by atoms with Crippen molar-refractivity contribution in [3.05, 3.63) is 33.9 Å². The number of hydrogen-bond donors (Lipinski definition) is 0. The van der Waals surface area contributed by atoms with Crippen LogP contribution in [0.3, 0.4) is 0 Å². The van der Waals surface area contributed by atoms with Crippen LogP contribution in [0, 0.1) is 11.6 Å². The molecule has 0 aromatic heterocycles. The SMILES string of the molecule is CC(=O)c1c(F)c2c(c(F)c1C(C)=O)C(=O)N(C)C2=O. The van der Waals surface area contributed by atoms with Gasteiger partial charge in [0.15, 0.2) is 11.6 Å². The summed E-state index contributed by atoms with van der Waals surface area (Å²) in [6.45, 7) is 1.89. The summed E-state index contributed by atoms with van der Waals surface area (Å²) in [5.41, 5.74) is -3.20. The minimum atomic E-state index is -1.33. The number of carbonyl (C=O) groups excluding carboxylic acids is 4. The lowest BCUT2D eigenvalue weighted by molar-refractivity contribution is 0.0690. The predicted octanol–water partition coefficient (Wildman–Crippen LogP) is 1.60. The standard InChI is InChI=1S/C13H9F2NO4/c1-4(17)6-7(5(2)18)11(15)9-8(10(6)14)12(19)16(3)13(9)20/h1-3H3. The predicted molar refractivity (Wildman–Crippen MR) is 62.8 cm³/mol. The van der Waals surface area contributed by atoms with Crippen LogP contribution in [-0.2, 0) is 0 Å². The first-order valence-electron chi connectivity index (χ1n) is 5.59.